The average molecular weight is 380 g/mol. The van der Waals surface area contributed by atoms with Gasteiger partial charge in [0.1, 0.15) is 5.75 Å². The lowest BCUT2D eigenvalue weighted by atomic mass is 9.92. The predicted octanol–water partition coefficient (Wildman–Crippen LogP) is 5.61. The minimum atomic E-state index is -0.471. The highest BCUT2D eigenvalue weighted by Crippen LogP contribution is 2.27. The molecular weight excluding hydrogens is 346 g/mol. The Balaban J connectivity index is 1.70. The Morgan fingerprint density at radius 1 is 1.00 bits per heavy atom. The van der Waals surface area contributed by atoms with Crippen LogP contribution >= 0.6 is 0 Å². The second-order valence-electron chi connectivity index (χ2n) is 7.98. The van der Waals surface area contributed by atoms with Crippen molar-refractivity contribution in [3.05, 3.63) is 64.2 Å². The molecule has 1 amide bonds. The first-order chi connectivity index (χ1) is 13.5. The highest BCUT2D eigenvalue weighted by Gasteiger charge is 2.23. The third-order valence-electron chi connectivity index (χ3n) is 5.79. The number of hydrogen-bond acceptors (Lipinski definition) is 2. The highest BCUT2D eigenvalue weighted by atomic mass is 16.5. The molecule has 0 spiro atoms. The Kier molecular flexibility index (Phi) is 6.77. The number of fused-ring (bicyclic) bond motifs is 1. The van der Waals surface area contributed by atoms with Gasteiger partial charge in [-0.05, 0) is 86.8 Å². The Morgan fingerprint density at radius 2 is 1.75 bits per heavy atom. The van der Waals surface area contributed by atoms with Crippen molar-refractivity contribution in [2.45, 2.75) is 78.4 Å². The monoisotopic (exact) mass is 379 g/mol. The van der Waals surface area contributed by atoms with Crippen LogP contribution in [0.4, 0.5) is 0 Å². The SMILES string of the molecule is CC[C@H](NC(=O)[C@@H](CC)Oc1ccc2c(c1)CCCC2)c1ccc(C)cc1C. The number of carbonyl (C=O) groups excluding carboxylic acids is 1. The van der Waals surface area contributed by atoms with Crippen LogP contribution in [0.1, 0.15) is 73.4 Å². The van der Waals surface area contributed by atoms with Crippen LogP contribution in [-0.2, 0) is 17.6 Å². The van der Waals surface area contributed by atoms with Crippen LogP contribution in [0, 0.1) is 13.8 Å². The van der Waals surface area contributed by atoms with Crippen molar-refractivity contribution in [3.63, 3.8) is 0 Å². The second-order valence-corrected chi connectivity index (χ2v) is 7.98. The molecule has 3 nitrogen and oxygen atoms in total. The van der Waals surface area contributed by atoms with Crippen molar-refractivity contribution in [1.82, 2.24) is 5.32 Å². The number of amides is 1. The van der Waals surface area contributed by atoms with Gasteiger partial charge in [0.05, 0.1) is 6.04 Å². The summed E-state index contributed by atoms with van der Waals surface area (Å²) in [5, 5.41) is 3.21. The van der Waals surface area contributed by atoms with Crippen molar-refractivity contribution in [2.75, 3.05) is 0 Å². The van der Waals surface area contributed by atoms with Crippen LogP contribution in [0.2, 0.25) is 0 Å². The van der Waals surface area contributed by atoms with Gasteiger partial charge >= 0.3 is 0 Å². The van der Waals surface area contributed by atoms with E-state index in [1.807, 2.05) is 13.0 Å². The third-order valence-corrected chi connectivity index (χ3v) is 5.79. The Hall–Kier alpha value is -2.29. The number of benzene rings is 2. The van der Waals surface area contributed by atoms with Crippen LogP contribution in [0.5, 0.6) is 5.75 Å². The molecule has 0 unspecified atom stereocenters. The minimum absolute atomic E-state index is 0.00860. The lowest BCUT2D eigenvalue weighted by molar-refractivity contribution is -0.128. The van der Waals surface area contributed by atoms with Gasteiger partial charge in [-0.1, -0.05) is 43.7 Å². The molecule has 150 valence electrons. The Morgan fingerprint density at radius 3 is 2.43 bits per heavy atom. The molecule has 0 aliphatic heterocycles. The highest BCUT2D eigenvalue weighted by molar-refractivity contribution is 5.81. The van der Waals surface area contributed by atoms with Crippen molar-refractivity contribution >= 4 is 5.91 Å². The van der Waals surface area contributed by atoms with Crippen molar-refractivity contribution in [1.29, 1.82) is 0 Å². The fraction of sp³-hybridized carbons (Fsp3) is 0.480. The van der Waals surface area contributed by atoms with E-state index in [1.54, 1.807) is 0 Å². The maximum Gasteiger partial charge on any atom is 0.261 e. The summed E-state index contributed by atoms with van der Waals surface area (Å²) in [5.74, 6) is 0.772. The van der Waals surface area contributed by atoms with Gasteiger partial charge < -0.3 is 10.1 Å². The van der Waals surface area contributed by atoms with E-state index >= 15 is 0 Å². The lowest BCUT2D eigenvalue weighted by Gasteiger charge is -2.24. The van der Waals surface area contributed by atoms with E-state index in [4.69, 9.17) is 4.74 Å². The standard InChI is InChI=1S/C25H33NO2/c1-5-23(22-14-11-17(3)15-18(22)4)26-25(27)24(6-2)28-21-13-12-19-9-7-8-10-20(19)16-21/h11-16,23-24H,5-10H2,1-4H3,(H,26,27)/t23-,24+/m0/s1. The van der Waals surface area contributed by atoms with E-state index in [9.17, 15) is 4.79 Å². The summed E-state index contributed by atoms with van der Waals surface area (Å²) in [4.78, 5) is 13.0. The van der Waals surface area contributed by atoms with E-state index in [2.05, 4.69) is 56.4 Å². The Labute approximate surface area is 169 Å². The molecule has 0 aromatic heterocycles. The Bertz CT molecular complexity index is 827. The van der Waals surface area contributed by atoms with Gasteiger partial charge in [0.25, 0.3) is 5.91 Å². The van der Waals surface area contributed by atoms with Gasteiger partial charge in [-0.3, -0.25) is 4.79 Å². The first-order valence-electron chi connectivity index (χ1n) is 10.7. The second kappa shape index (κ2) is 9.27. The predicted molar refractivity (Wildman–Crippen MR) is 115 cm³/mol. The van der Waals surface area contributed by atoms with E-state index in [0.717, 1.165) is 25.0 Å². The molecule has 2 aromatic rings. The molecule has 3 rings (SSSR count). The van der Waals surface area contributed by atoms with Crippen LogP contribution < -0.4 is 10.1 Å². The quantitative estimate of drug-likeness (QED) is 0.679. The zero-order valence-electron chi connectivity index (χ0n) is 17.7. The van der Waals surface area contributed by atoms with Crippen molar-refractivity contribution < 1.29 is 9.53 Å². The summed E-state index contributed by atoms with van der Waals surface area (Å²) in [6, 6.07) is 12.7. The number of aryl methyl sites for hydroxylation is 4. The molecule has 0 radical (unpaired) electrons. The summed E-state index contributed by atoms with van der Waals surface area (Å²) < 4.78 is 6.11. The number of rotatable bonds is 7. The van der Waals surface area contributed by atoms with Gasteiger partial charge in [-0.25, -0.2) is 0 Å². The first-order valence-corrected chi connectivity index (χ1v) is 10.7. The normalized spacial score (nSPS) is 15.4. The van der Waals surface area contributed by atoms with Crippen LogP contribution in [0.25, 0.3) is 0 Å². The summed E-state index contributed by atoms with van der Waals surface area (Å²) in [6.45, 7) is 8.31. The molecule has 2 atom stereocenters. The lowest BCUT2D eigenvalue weighted by Crippen LogP contribution is -2.40. The maximum atomic E-state index is 13.0. The molecule has 28 heavy (non-hydrogen) atoms. The third kappa shape index (κ3) is 4.76. The molecule has 1 N–H and O–H groups in total. The number of hydrogen-bond donors (Lipinski definition) is 1. The fourth-order valence-electron chi connectivity index (χ4n) is 4.15. The van der Waals surface area contributed by atoms with Crippen molar-refractivity contribution in [3.8, 4) is 5.75 Å². The minimum Gasteiger partial charge on any atom is -0.481 e. The smallest absolute Gasteiger partial charge is 0.261 e. The summed E-state index contributed by atoms with van der Waals surface area (Å²) in [7, 11) is 0. The van der Waals surface area contributed by atoms with Crippen LogP contribution in [0.3, 0.4) is 0 Å². The van der Waals surface area contributed by atoms with E-state index < -0.39 is 6.10 Å². The molecule has 2 aromatic carbocycles. The van der Waals surface area contributed by atoms with Crippen molar-refractivity contribution in [2.24, 2.45) is 0 Å². The summed E-state index contributed by atoms with van der Waals surface area (Å²) in [5.41, 5.74) is 6.45. The van der Waals surface area contributed by atoms with Gasteiger partial charge in [0, 0.05) is 0 Å². The number of nitrogens with one attached hydrogen (secondary N) is 1. The largest absolute Gasteiger partial charge is 0.481 e. The molecule has 0 saturated heterocycles. The molecule has 1 aliphatic carbocycles. The topological polar surface area (TPSA) is 38.3 Å². The number of ether oxygens (including phenoxy) is 1. The molecule has 0 saturated carbocycles. The zero-order valence-corrected chi connectivity index (χ0v) is 17.7. The van der Waals surface area contributed by atoms with E-state index in [-0.39, 0.29) is 11.9 Å². The van der Waals surface area contributed by atoms with E-state index in [0.29, 0.717) is 6.42 Å². The van der Waals surface area contributed by atoms with Crippen LogP contribution in [0.15, 0.2) is 36.4 Å². The fourth-order valence-corrected chi connectivity index (χ4v) is 4.15. The van der Waals surface area contributed by atoms with Gasteiger partial charge in [0.2, 0.25) is 0 Å². The van der Waals surface area contributed by atoms with Gasteiger partial charge in [0.15, 0.2) is 6.10 Å². The number of carbonyl (C=O) groups is 1. The van der Waals surface area contributed by atoms with Gasteiger partial charge in [-0.15, -0.1) is 0 Å². The van der Waals surface area contributed by atoms with E-state index in [1.165, 1.54) is 40.7 Å². The molecule has 3 heteroatoms. The molecule has 0 heterocycles. The molecule has 0 bridgehead atoms. The first kappa shape index (κ1) is 20.4. The summed E-state index contributed by atoms with van der Waals surface area (Å²) >= 11 is 0. The van der Waals surface area contributed by atoms with Gasteiger partial charge in [-0.2, -0.15) is 0 Å². The molecular formula is C25H33NO2. The summed E-state index contributed by atoms with van der Waals surface area (Å²) in [6.07, 6.45) is 5.80. The molecule has 0 fully saturated rings. The average Bonchev–Trinajstić information content (AvgIpc) is 2.70. The molecule has 1 aliphatic rings. The maximum absolute atomic E-state index is 13.0. The van der Waals surface area contributed by atoms with Crippen LogP contribution in [-0.4, -0.2) is 12.0 Å². The zero-order chi connectivity index (χ0) is 20.1.